The molecule has 1 aromatic heterocycles. The number of anilines is 1. The van der Waals surface area contributed by atoms with Crippen LogP contribution in [0.5, 0.6) is 0 Å². The Kier molecular flexibility index (Phi) is 3.46. The number of thioether (sulfide) groups is 1. The van der Waals surface area contributed by atoms with Crippen molar-refractivity contribution >= 4 is 28.5 Å². The molecule has 0 radical (unpaired) electrons. The molecule has 0 spiro atoms. The van der Waals surface area contributed by atoms with E-state index in [4.69, 9.17) is 10.2 Å². The maximum absolute atomic E-state index is 5.87. The Morgan fingerprint density at radius 1 is 1.33 bits per heavy atom. The fourth-order valence-corrected chi connectivity index (χ4v) is 3.65. The molecule has 1 saturated carbocycles. The minimum atomic E-state index is 0.697. The van der Waals surface area contributed by atoms with Crippen molar-refractivity contribution in [2.45, 2.75) is 31.4 Å². The quantitative estimate of drug-likeness (QED) is 0.851. The van der Waals surface area contributed by atoms with Crippen molar-refractivity contribution in [1.29, 1.82) is 0 Å². The van der Waals surface area contributed by atoms with Crippen LogP contribution in [0.1, 0.15) is 31.6 Å². The van der Waals surface area contributed by atoms with Gasteiger partial charge in [-0.3, -0.25) is 0 Å². The second-order valence-corrected chi connectivity index (χ2v) is 6.00. The molecule has 0 bridgehead atoms. The van der Waals surface area contributed by atoms with Crippen LogP contribution in [-0.2, 0) is 5.75 Å². The number of fused-ring (bicyclic) bond motifs is 1. The minimum Gasteiger partial charge on any atom is -0.440 e. The third-order valence-electron chi connectivity index (χ3n) is 3.55. The summed E-state index contributed by atoms with van der Waals surface area (Å²) in [6.45, 7) is 0. The van der Waals surface area contributed by atoms with Crippen molar-refractivity contribution in [2.75, 3.05) is 11.5 Å². The van der Waals surface area contributed by atoms with E-state index in [0.717, 1.165) is 28.7 Å². The molecule has 1 aromatic carbocycles. The SMILES string of the molecule is Nc1cccc2oc(CSCC3CCCC3)nc12. The molecule has 1 aliphatic carbocycles. The highest BCUT2D eigenvalue weighted by Gasteiger charge is 2.15. The van der Waals surface area contributed by atoms with Gasteiger partial charge in [0.05, 0.1) is 11.4 Å². The number of benzene rings is 1. The summed E-state index contributed by atoms with van der Waals surface area (Å²) in [6.07, 6.45) is 5.61. The minimum absolute atomic E-state index is 0.697. The van der Waals surface area contributed by atoms with Crippen LogP contribution in [0.15, 0.2) is 22.6 Å². The molecule has 1 fully saturated rings. The van der Waals surface area contributed by atoms with Crippen molar-refractivity contribution in [2.24, 2.45) is 5.92 Å². The van der Waals surface area contributed by atoms with Crippen LogP contribution >= 0.6 is 11.8 Å². The lowest BCUT2D eigenvalue weighted by molar-refractivity contribution is 0.555. The van der Waals surface area contributed by atoms with Crippen LogP contribution in [0.25, 0.3) is 11.1 Å². The zero-order chi connectivity index (χ0) is 12.4. The van der Waals surface area contributed by atoms with Crippen molar-refractivity contribution < 1.29 is 4.42 Å². The van der Waals surface area contributed by atoms with Crippen molar-refractivity contribution in [3.63, 3.8) is 0 Å². The summed E-state index contributed by atoms with van der Waals surface area (Å²) in [6, 6.07) is 5.68. The van der Waals surface area contributed by atoms with E-state index in [1.807, 2.05) is 30.0 Å². The zero-order valence-electron chi connectivity index (χ0n) is 10.4. The molecule has 3 nitrogen and oxygen atoms in total. The molecule has 1 aliphatic rings. The largest absolute Gasteiger partial charge is 0.440 e. The Labute approximate surface area is 111 Å². The van der Waals surface area contributed by atoms with Gasteiger partial charge in [-0.05, 0) is 36.6 Å². The third-order valence-corrected chi connectivity index (χ3v) is 4.71. The van der Waals surface area contributed by atoms with E-state index in [0.29, 0.717) is 5.69 Å². The summed E-state index contributed by atoms with van der Waals surface area (Å²) < 4.78 is 5.70. The monoisotopic (exact) mass is 262 g/mol. The van der Waals surface area contributed by atoms with Crippen LogP contribution in [-0.4, -0.2) is 10.7 Å². The molecule has 0 saturated heterocycles. The molecule has 0 aliphatic heterocycles. The van der Waals surface area contributed by atoms with E-state index in [1.165, 1.54) is 31.4 Å². The van der Waals surface area contributed by atoms with Gasteiger partial charge >= 0.3 is 0 Å². The molecule has 3 rings (SSSR count). The Bertz CT molecular complexity index is 532. The van der Waals surface area contributed by atoms with Gasteiger partial charge in [0.25, 0.3) is 0 Å². The second kappa shape index (κ2) is 5.22. The molecular formula is C14H18N2OS. The van der Waals surface area contributed by atoms with Gasteiger partial charge in [0.2, 0.25) is 5.89 Å². The molecule has 0 atom stereocenters. The standard InChI is InChI=1S/C14H18N2OS/c15-11-6-3-7-12-14(11)16-13(17-12)9-18-8-10-4-1-2-5-10/h3,6-7,10H,1-2,4-5,8-9,15H2. The van der Waals surface area contributed by atoms with Crippen LogP contribution in [0.4, 0.5) is 5.69 Å². The first-order chi connectivity index (χ1) is 8.83. The Hall–Kier alpha value is -1.16. The summed E-state index contributed by atoms with van der Waals surface area (Å²) in [5.74, 6) is 3.79. The predicted molar refractivity (Wildman–Crippen MR) is 76.5 cm³/mol. The second-order valence-electron chi connectivity index (χ2n) is 4.97. The van der Waals surface area contributed by atoms with Gasteiger partial charge in [-0.15, -0.1) is 0 Å². The lowest BCUT2D eigenvalue weighted by Gasteiger charge is -2.05. The van der Waals surface area contributed by atoms with Gasteiger partial charge < -0.3 is 10.2 Å². The van der Waals surface area contributed by atoms with Gasteiger partial charge in [0, 0.05) is 0 Å². The van der Waals surface area contributed by atoms with Crippen molar-refractivity contribution in [3.8, 4) is 0 Å². The number of hydrogen-bond acceptors (Lipinski definition) is 4. The lowest BCUT2D eigenvalue weighted by atomic mass is 10.1. The van der Waals surface area contributed by atoms with Gasteiger partial charge in [-0.25, -0.2) is 4.98 Å². The molecule has 18 heavy (non-hydrogen) atoms. The Morgan fingerprint density at radius 2 is 2.17 bits per heavy atom. The topological polar surface area (TPSA) is 52.0 Å². The van der Waals surface area contributed by atoms with E-state index < -0.39 is 0 Å². The summed E-state index contributed by atoms with van der Waals surface area (Å²) in [4.78, 5) is 4.46. The normalized spacial score (nSPS) is 16.7. The maximum Gasteiger partial charge on any atom is 0.205 e. The molecule has 1 heterocycles. The highest BCUT2D eigenvalue weighted by molar-refractivity contribution is 7.98. The molecule has 0 unspecified atom stereocenters. The fraction of sp³-hybridized carbons (Fsp3) is 0.500. The molecule has 96 valence electrons. The number of hydrogen-bond donors (Lipinski definition) is 1. The first-order valence-corrected chi connectivity index (χ1v) is 7.70. The van der Waals surface area contributed by atoms with Crippen LogP contribution < -0.4 is 5.73 Å². The van der Waals surface area contributed by atoms with Gasteiger partial charge in [0.15, 0.2) is 5.58 Å². The van der Waals surface area contributed by atoms with Crippen LogP contribution in [0.2, 0.25) is 0 Å². The van der Waals surface area contributed by atoms with Crippen LogP contribution in [0.3, 0.4) is 0 Å². The molecular weight excluding hydrogens is 244 g/mol. The average molecular weight is 262 g/mol. The number of nitrogens with two attached hydrogens (primary N) is 1. The van der Waals surface area contributed by atoms with E-state index in [2.05, 4.69) is 4.98 Å². The Morgan fingerprint density at radius 3 is 2.94 bits per heavy atom. The van der Waals surface area contributed by atoms with Gasteiger partial charge in [-0.2, -0.15) is 11.8 Å². The summed E-state index contributed by atoms with van der Waals surface area (Å²) in [5, 5.41) is 0. The first-order valence-electron chi connectivity index (χ1n) is 6.54. The lowest BCUT2D eigenvalue weighted by Crippen LogP contribution is -1.97. The fourth-order valence-electron chi connectivity index (χ4n) is 2.57. The highest BCUT2D eigenvalue weighted by atomic mass is 32.2. The zero-order valence-corrected chi connectivity index (χ0v) is 11.2. The summed E-state index contributed by atoms with van der Waals surface area (Å²) >= 11 is 1.93. The number of nitrogen functional groups attached to an aromatic ring is 1. The number of para-hydroxylation sites is 1. The van der Waals surface area contributed by atoms with Gasteiger partial charge in [-0.1, -0.05) is 18.9 Å². The number of aromatic nitrogens is 1. The van der Waals surface area contributed by atoms with E-state index in [9.17, 15) is 0 Å². The highest BCUT2D eigenvalue weighted by Crippen LogP contribution is 2.29. The van der Waals surface area contributed by atoms with Crippen molar-refractivity contribution in [1.82, 2.24) is 4.98 Å². The number of rotatable bonds is 4. The molecule has 0 amide bonds. The van der Waals surface area contributed by atoms with E-state index in [-0.39, 0.29) is 0 Å². The third kappa shape index (κ3) is 2.48. The Balaban J connectivity index is 1.62. The predicted octanol–water partition coefficient (Wildman–Crippen LogP) is 3.83. The first kappa shape index (κ1) is 11.9. The summed E-state index contributed by atoms with van der Waals surface area (Å²) in [5.41, 5.74) is 8.16. The van der Waals surface area contributed by atoms with Crippen molar-refractivity contribution in [3.05, 3.63) is 24.1 Å². The molecule has 4 heteroatoms. The molecule has 2 N–H and O–H groups in total. The molecule has 2 aromatic rings. The average Bonchev–Trinajstić information content (AvgIpc) is 2.98. The maximum atomic E-state index is 5.87. The van der Waals surface area contributed by atoms with Gasteiger partial charge in [0.1, 0.15) is 5.52 Å². The van der Waals surface area contributed by atoms with Crippen LogP contribution in [0, 0.1) is 5.92 Å². The van der Waals surface area contributed by atoms with E-state index >= 15 is 0 Å². The number of oxazole rings is 1. The number of nitrogens with zero attached hydrogens (tertiary/aromatic N) is 1. The smallest absolute Gasteiger partial charge is 0.205 e. The van der Waals surface area contributed by atoms with E-state index in [1.54, 1.807) is 0 Å². The summed E-state index contributed by atoms with van der Waals surface area (Å²) in [7, 11) is 0.